The van der Waals surface area contributed by atoms with Crippen LogP contribution in [0.1, 0.15) is 6.42 Å². The predicted molar refractivity (Wildman–Crippen MR) is 85.0 cm³/mol. The number of fused-ring (bicyclic) bond motifs is 1. The number of hydrogen-bond donors (Lipinski definition) is 3. The van der Waals surface area contributed by atoms with E-state index < -0.39 is 27.5 Å². The molecule has 122 valence electrons. The quantitative estimate of drug-likeness (QED) is 0.707. The molecule has 2 aromatic rings. The van der Waals surface area contributed by atoms with E-state index in [1.54, 1.807) is 6.07 Å². The van der Waals surface area contributed by atoms with Crippen LogP contribution in [0.3, 0.4) is 0 Å². The maximum absolute atomic E-state index is 11.8. The number of hydrogen-bond acceptors (Lipinski definition) is 6. The molecule has 22 heavy (non-hydrogen) atoms. The lowest BCUT2D eigenvalue weighted by Gasteiger charge is -2.11. The van der Waals surface area contributed by atoms with Crippen molar-refractivity contribution in [3.63, 3.8) is 0 Å². The first-order valence-corrected chi connectivity index (χ1v) is 8.18. The smallest absolute Gasteiger partial charge is 0.408 e. The van der Waals surface area contributed by atoms with Crippen LogP contribution in [0.4, 0.5) is 5.69 Å². The zero-order chi connectivity index (χ0) is 15.6. The van der Waals surface area contributed by atoms with Crippen molar-refractivity contribution < 1.29 is 17.6 Å². The zero-order valence-electron chi connectivity index (χ0n) is 11.7. The first-order chi connectivity index (χ1) is 9.74. The van der Waals surface area contributed by atoms with Crippen LogP contribution in [-0.2, 0) is 14.6 Å². The Labute approximate surface area is 132 Å². The minimum atomic E-state index is -3.16. The minimum Gasteiger partial charge on any atom is -0.408 e. The van der Waals surface area contributed by atoms with Crippen LogP contribution >= 0.6 is 12.4 Å². The van der Waals surface area contributed by atoms with E-state index >= 15 is 0 Å². The van der Waals surface area contributed by atoms with E-state index in [1.165, 1.54) is 12.1 Å². The standard InChI is InChI=1S/C12H15N3O5S.ClH/c1-21(18,19)5-4-8(13)11(16)14-7-2-3-10-9(6-7)15-12(17)20-10;/h2-3,6,8H,4-5,13H2,1H3,(H,14,16)(H,15,17);1H. The fourth-order valence-corrected chi connectivity index (χ4v) is 2.42. The summed E-state index contributed by atoms with van der Waals surface area (Å²) in [6, 6.07) is 3.69. The first-order valence-electron chi connectivity index (χ1n) is 6.12. The number of nitrogens with two attached hydrogens (primary N) is 1. The van der Waals surface area contributed by atoms with E-state index in [4.69, 9.17) is 10.2 Å². The number of halogens is 1. The van der Waals surface area contributed by atoms with Gasteiger partial charge in [-0.15, -0.1) is 12.4 Å². The van der Waals surface area contributed by atoms with Gasteiger partial charge in [0.2, 0.25) is 5.91 Å². The molecule has 0 bridgehead atoms. The number of amides is 1. The van der Waals surface area contributed by atoms with Gasteiger partial charge in [-0.25, -0.2) is 13.2 Å². The Balaban J connectivity index is 0.00000242. The number of benzene rings is 1. The van der Waals surface area contributed by atoms with Crippen LogP contribution < -0.4 is 16.8 Å². The fraction of sp³-hybridized carbons (Fsp3) is 0.333. The molecular weight excluding hydrogens is 334 g/mol. The second-order valence-electron chi connectivity index (χ2n) is 4.74. The van der Waals surface area contributed by atoms with Crippen molar-refractivity contribution in [2.24, 2.45) is 5.73 Å². The molecule has 0 fully saturated rings. The highest BCUT2D eigenvalue weighted by molar-refractivity contribution is 7.90. The topological polar surface area (TPSA) is 135 Å². The molecule has 1 aromatic heterocycles. The molecular formula is C12H16ClN3O5S. The molecule has 10 heteroatoms. The third-order valence-corrected chi connectivity index (χ3v) is 3.80. The van der Waals surface area contributed by atoms with E-state index in [0.29, 0.717) is 16.8 Å². The Morgan fingerprint density at radius 3 is 2.77 bits per heavy atom. The van der Waals surface area contributed by atoms with Gasteiger partial charge < -0.3 is 15.5 Å². The van der Waals surface area contributed by atoms with Crippen molar-refractivity contribution in [2.75, 3.05) is 17.3 Å². The minimum absolute atomic E-state index is 0. The summed E-state index contributed by atoms with van der Waals surface area (Å²) in [7, 11) is -3.16. The maximum atomic E-state index is 11.8. The largest absolute Gasteiger partial charge is 0.417 e. The number of carbonyl (C=O) groups excluding carboxylic acids is 1. The van der Waals surface area contributed by atoms with E-state index in [9.17, 15) is 18.0 Å². The Hall–Kier alpha value is -1.84. The first kappa shape index (κ1) is 18.2. The highest BCUT2D eigenvalue weighted by Gasteiger charge is 2.16. The molecule has 2 rings (SSSR count). The van der Waals surface area contributed by atoms with Crippen LogP contribution in [-0.4, -0.2) is 37.4 Å². The lowest BCUT2D eigenvalue weighted by atomic mass is 10.2. The van der Waals surface area contributed by atoms with Gasteiger partial charge in [0.05, 0.1) is 17.3 Å². The number of rotatable bonds is 5. The molecule has 1 atom stereocenters. The molecule has 0 aliphatic heterocycles. The third-order valence-electron chi connectivity index (χ3n) is 2.82. The van der Waals surface area contributed by atoms with Gasteiger partial charge in [-0.1, -0.05) is 0 Å². The molecule has 0 aliphatic rings. The van der Waals surface area contributed by atoms with Crippen molar-refractivity contribution in [3.8, 4) is 0 Å². The molecule has 8 nitrogen and oxygen atoms in total. The van der Waals surface area contributed by atoms with Crippen molar-refractivity contribution in [3.05, 3.63) is 28.7 Å². The summed E-state index contributed by atoms with van der Waals surface area (Å²) in [5.74, 6) is -1.24. The second kappa shape index (κ2) is 6.95. The number of sulfone groups is 1. The Morgan fingerprint density at radius 2 is 2.14 bits per heavy atom. The summed E-state index contributed by atoms with van der Waals surface area (Å²) in [6.45, 7) is 0. The summed E-state index contributed by atoms with van der Waals surface area (Å²) in [5.41, 5.74) is 6.89. The lowest BCUT2D eigenvalue weighted by molar-refractivity contribution is -0.117. The summed E-state index contributed by atoms with van der Waals surface area (Å²) >= 11 is 0. The van der Waals surface area contributed by atoms with Gasteiger partial charge >= 0.3 is 5.76 Å². The van der Waals surface area contributed by atoms with Crippen molar-refractivity contribution in [1.82, 2.24) is 4.98 Å². The number of H-pyrrole nitrogens is 1. The molecule has 4 N–H and O–H groups in total. The monoisotopic (exact) mass is 349 g/mol. The van der Waals surface area contributed by atoms with Crippen molar-refractivity contribution in [1.29, 1.82) is 0 Å². The SMILES string of the molecule is CS(=O)(=O)CCC(N)C(=O)Nc1ccc2oc(=O)[nH]c2c1.Cl. The lowest BCUT2D eigenvalue weighted by Crippen LogP contribution is -2.37. The van der Waals surface area contributed by atoms with E-state index in [-0.39, 0.29) is 24.6 Å². The molecule has 1 unspecified atom stereocenters. The van der Waals surface area contributed by atoms with Crippen LogP contribution in [0.2, 0.25) is 0 Å². The molecule has 0 spiro atoms. The fourth-order valence-electron chi connectivity index (χ4n) is 1.74. The summed E-state index contributed by atoms with van der Waals surface area (Å²) in [6.07, 6.45) is 1.12. The van der Waals surface area contributed by atoms with Gasteiger partial charge in [-0.05, 0) is 24.6 Å². The van der Waals surface area contributed by atoms with Crippen LogP contribution in [0.15, 0.2) is 27.4 Å². The predicted octanol–water partition coefficient (Wildman–Crippen LogP) is 0.243. The number of oxazole rings is 1. The normalized spacial score (nSPS) is 12.6. The van der Waals surface area contributed by atoms with E-state index in [1.807, 2.05) is 0 Å². The summed E-state index contributed by atoms with van der Waals surface area (Å²) in [5, 5.41) is 2.56. The molecule has 1 amide bonds. The highest BCUT2D eigenvalue weighted by atomic mass is 35.5. The van der Waals surface area contributed by atoms with Crippen LogP contribution in [0.25, 0.3) is 11.1 Å². The average Bonchev–Trinajstić information content (AvgIpc) is 2.74. The zero-order valence-corrected chi connectivity index (χ0v) is 13.3. The van der Waals surface area contributed by atoms with Gasteiger partial charge in [-0.3, -0.25) is 9.78 Å². The Morgan fingerprint density at radius 1 is 1.45 bits per heavy atom. The van der Waals surface area contributed by atoms with E-state index in [2.05, 4.69) is 10.3 Å². The molecule has 1 aromatic carbocycles. The number of aromatic nitrogens is 1. The van der Waals surface area contributed by atoms with Gasteiger partial charge in [0, 0.05) is 11.9 Å². The maximum Gasteiger partial charge on any atom is 0.417 e. The van der Waals surface area contributed by atoms with Crippen molar-refractivity contribution >= 4 is 44.9 Å². The number of carbonyl (C=O) groups is 1. The van der Waals surface area contributed by atoms with Crippen LogP contribution in [0.5, 0.6) is 0 Å². The molecule has 0 saturated heterocycles. The summed E-state index contributed by atoms with van der Waals surface area (Å²) in [4.78, 5) is 25.3. The molecule has 0 saturated carbocycles. The number of aromatic amines is 1. The Kier molecular flexibility index (Phi) is 5.75. The van der Waals surface area contributed by atoms with Gasteiger partial charge in [0.25, 0.3) is 0 Å². The Bertz CT molecular complexity index is 827. The van der Waals surface area contributed by atoms with Crippen molar-refractivity contribution in [2.45, 2.75) is 12.5 Å². The highest BCUT2D eigenvalue weighted by Crippen LogP contribution is 2.16. The average molecular weight is 350 g/mol. The van der Waals surface area contributed by atoms with Gasteiger partial charge in [0.1, 0.15) is 9.84 Å². The second-order valence-corrected chi connectivity index (χ2v) is 7.00. The number of anilines is 1. The third kappa shape index (κ3) is 4.86. The number of nitrogens with one attached hydrogen (secondary N) is 2. The molecule has 0 aliphatic carbocycles. The molecule has 1 heterocycles. The summed E-state index contributed by atoms with van der Waals surface area (Å²) < 4.78 is 26.9. The molecule has 0 radical (unpaired) electrons. The van der Waals surface area contributed by atoms with Gasteiger partial charge in [-0.2, -0.15) is 0 Å². The van der Waals surface area contributed by atoms with Crippen LogP contribution in [0, 0.1) is 0 Å². The van der Waals surface area contributed by atoms with E-state index in [0.717, 1.165) is 6.26 Å². The van der Waals surface area contributed by atoms with Gasteiger partial charge in [0.15, 0.2) is 5.58 Å².